The van der Waals surface area contributed by atoms with Crippen LogP contribution < -0.4 is 0 Å². The molecular weight excluding hydrogens is 262 g/mol. The Morgan fingerprint density at radius 1 is 1.25 bits per heavy atom. The minimum atomic E-state index is -1.91. The van der Waals surface area contributed by atoms with Crippen molar-refractivity contribution in [2.75, 3.05) is 0 Å². The van der Waals surface area contributed by atoms with E-state index in [0.717, 1.165) is 11.3 Å². The molecule has 0 aromatic heterocycles. The minimum Gasteiger partial charge on any atom is -0.543 e. The molecule has 108 valence electrons. The van der Waals surface area contributed by atoms with E-state index >= 15 is 0 Å². The second kappa shape index (κ2) is 6.28. The van der Waals surface area contributed by atoms with Crippen LogP contribution in [0.4, 0.5) is 0 Å². The quantitative estimate of drug-likeness (QED) is 0.562. The molecule has 0 aliphatic heterocycles. The van der Waals surface area contributed by atoms with Crippen LogP contribution in [0, 0.1) is 17.2 Å². The Morgan fingerprint density at radius 3 is 2.25 bits per heavy atom. The molecule has 1 atom stereocenters. The molecule has 0 aliphatic rings. The van der Waals surface area contributed by atoms with Crippen LogP contribution in [0.15, 0.2) is 36.4 Å². The minimum absolute atomic E-state index is 0.136. The van der Waals surface area contributed by atoms with Crippen LogP contribution in [0.5, 0.6) is 0 Å². The van der Waals surface area contributed by atoms with E-state index in [1.165, 1.54) is 0 Å². The van der Waals surface area contributed by atoms with Gasteiger partial charge < -0.3 is 4.43 Å². The van der Waals surface area contributed by atoms with Crippen LogP contribution in [-0.2, 0) is 4.43 Å². The summed E-state index contributed by atoms with van der Waals surface area (Å²) in [5.74, 6) is 0.682. The number of hydrogen-bond acceptors (Lipinski definition) is 2. The number of nitriles is 1. The summed E-state index contributed by atoms with van der Waals surface area (Å²) in [5.41, 5.74) is 1.04. The Bertz CT molecular complexity index is 506. The molecule has 0 fully saturated rings. The molecule has 2 nitrogen and oxygen atoms in total. The third-order valence-corrected chi connectivity index (χ3v) is 8.18. The zero-order chi connectivity index (χ0) is 15.4. The van der Waals surface area contributed by atoms with Crippen molar-refractivity contribution in [1.29, 1.82) is 5.26 Å². The van der Waals surface area contributed by atoms with Gasteiger partial charge in [-0.3, -0.25) is 0 Å². The van der Waals surface area contributed by atoms with Gasteiger partial charge in [-0.05, 0) is 31.1 Å². The lowest BCUT2D eigenvalue weighted by molar-refractivity contribution is 0.455. The number of hydrogen-bond donors (Lipinski definition) is 0. The highest BCUT2D eigenvalue weighted by molar-refractivity contribution is 6.74. The van der Waals surface area contributed by atoms with Crippen molar-refractivity contribution in [2.45, 2.75) is 45.8 Å². The van der Waals surface area contributed by atoms with Crippen LogP contribution in [0.25, 0.3) is 5.76 Å². The molecule has 0 N–H and O–H groups in total. The smallest absolute Gasteiger partial charge is 0.250 e. The van der Waals surface area contributed by atoms with E-state index in [0.29, 0.717) is 0 Å². The van der Waals surface area contributed by atoms with E-state index < -0.39 is 8.32 Å². The Kier molecular flexibility index (Phi) is 5.19. The molecule has 0 saturated heterocycles. The first-order chi connectivity index (χ1) is 9.17. The molecule has 20 heavy (non-hydrogen) atoms. The van der Waals surface area contributed by atoms with Crippen LogP contribution >= 0.6 is 0 Å². The number of allylic oxidation sites excluding steroid dienone is 1. The molecular formula is C17H25NOSi. The molecule has 0 bridgehead atoms. The van der Waals surface area contributed by atoms with Crippen molar-refractivity contribution >= 4 is 14.1 Å². The summed E-state index contributed by atoms with van der Waals surface area (Å²) in [6.07, 6.45) is 1.93. The van der Waals surface area contributed by atoms with Gasteiger partial charge in [0.2, 0.25) is 8.32 Å². The summed E-state index contributed by atoms with van der Waals surface area (Å²) in [7, 11) is -1.91. The molecule has 1 rings (SSSR count). The molecule has 1 aromatic rings. The summed E-state index contributed by atoms with van der Waals surface area (Å²) in [4.78, 5) is 0. The fourth-order valence-corrected chi connectivity index (χ4v) is 2.53. The topological polar surface area (TPSA) is 33.0 Å². The van der Waals surface area contributed by atoms with Gasteiger partial charge >= 0.3 is 0 Å². The van der Waals surface area contributed by atoms with Crippen LogP contribution in [0.3, 0.4) is 0 Å². The zero-order valence-corrected chi connectivity index (χ0v) is 14.4. The lowest BCUT2D eigenvalue weighted by Gasteiger charge is -2.37. The van der Waals surface area contributed by atoms with Gasteiger partial charge in [0.05, 0.1) is 12.0 Å². The Hall–Kier alpha value is -1.53. The third-order valence-electron chi connectivity index (χ3n) is 3.83. The molecule has 3 heteroatoms. The lowest BCUT2D eigenvalue weighted by Crippen LogP contribution is -2.40. The maximum Gasteiger partial charge on any atom is 0.250 e. The lowest BCUT2D eigenvalue weighted by atomic mass is 10.1. The van der Waals surface area contributed by atoms with Crippen molar-refractivity contribution in [3.63, 3.8) is 0 Å². The summed E-state index contributed by atoms with van der Waals surface area (Å²) in [6.45, 7) is 13.0. The van der Waals surface area contributed by atoms with E-state index in [4.69, 9.17) is 9.69 Å². The molecule has 0 radical (unpaired) electrons. The molecule has 1 aromatic carbocycles. The fourth-order valence-electron chi connectivity index (χ4n) is 1.48. The van der Waals surface area contributed by atoms with Gasteiger partial charge in [-0.1, -0.05) is 51.1 Å². The number of rotatable bonds is 4. The van der Waals surface area contributed by atoms with Crippen LogP contribution in [0.1, 0.15) is 33.3 Å². The Balaban J connectivity index is 3.15. The molecule has 0 aliphatic carbocycles. The summed E-state index contributed by atoms with van der Waals surface area (Å²) < 4.78 is 6.41. The first kappa shape index (κ1) is 16.5. The van der Waals surface area contributed by atoms with Crippen molar-refractivity contribution in [3.05, 3.63) is 42.0 Å². The van der Waals surface area contributed by atoms with Gasteiger partial charge in [-0.2, -0.15) is 5.26 Å². The standard InChI is InChI=1S/C17H25NOSi/c1-14(13-18)12-16(15-10-8-7-9-11-15)19-20(5,6)17(2,3)4/h7-12,14H,1-6H3/b16-12+. The van der Waals surface area contributed by atoms with Crippen molar-refractivity contribution < 1.29 is 4.43 Å². The second-order valence-electron chi connectivity index (χ2n) is 6.68. The SMILES string of the molecule is CC(C#N)/C=C(/O[Si](C)(C)C(C)(C)C)c1ccccc1. The van der Waals surface area contributed by atoms with Gasteiger partial charge in [0.1, 0.15) is 5.76 Å². The maximum atomic E-state index is 9.05. The van der Waals surface area contributed by atoms with E-state index in [1.54, 1.807) is 0 Å². The van der Waals surface area contributed by atoms with E-state index in [2.05, 4.69) is 39.9 Å². The van der Waals surface area contributed by atoms with Crippen molar-refractivity contribution in [1.82, 2.24) is 0 Å². The van der Waals surface area contributed by atoms with E-state index in [1.807, 2.05) is 43.3 Å². The summed E-state index contributed by atoms with van der Waals surface area (Å²) in [6, 6.07) is 12.3. The molecule has 0 saturated carbocycles. The summed E-state index contributed by atoms with van der Waals surface area (Å²) in [5, 5.41) is 9.19. The van der Waals surface area contributed by atoms with Gasteiger partial charge in [-0.25, -0.2) is 0 Å². The second-order valence-corrected chi connectivity index (χ2v) is 11.4. The largest absolute Gasteiger partial charge is 0.543 e. The fraction of sp³-hybridized carbons (Fsp3) is 0.471. The van der Waals surface area contributed by atoms with Crippen LogP contribution in [-0.4, -0.2) is 8.32 Å². The summed E-state index contributed by atoms with van der Waals surface area (Å²) >= 11 is 0. The predicted molar refractivity (Wildman–Crippen MR) is 87.5 cm³/mol. The van der Waals surface area contributed by atoms with E-state index in [-0.39, 0.29) is 11.0 Å². The van der Waals surface area contributed by atoms with Gasteiger partial charge in [-0.15, -0.1) is 0 Å². The normalized spacial score (nSPS) is 14.6. The molecule has 0 heterocycles. The monoisotopic (exact) mass is 287 g/mol. The van der Waals surface area contributed by atoms with Crippen LogP contribution in [0.2, 0.25) is 18.1 Å². The van der Waals surface area contributed by atoms with Crippen molar-refractivity contribution in [3.8, 4) is 6.07 Å². The number of benzene rings is 1. The average molecular weight is 287 g/mol. The van der Waals surface area contributed by atoms with Crippen molar-refractivity contribution in [2.24, 2.45) is 5.92 Å². The third kappa shape index (κ3) is 4.24. The Morgan fingerprint density at radius 2 is 1.80 bits per heavy atom. The first-order valence-corrected chi connectivity index (χ1v) is 9.94. The molecule has 0 spiro atoms. The highest BCUT2D eigenvalue weighted by Crippen LogP contribution is 2.39. The van der Waals surface area contributed by atoms with E-state index in [9.17, 15) is 0 Å². The zero-order valence-electron chi connectivity index (χ0n) is 13.4. The van der Waals surface area contributed by atoms with Gasteiger partial charge in [0, 0.05) is 5.56 Å². The highest BCUT2D eigenvalue weighted by Gasteiger charge is 2.39. The Labute approximate surface area is 124 Å². The predicted octanol–water partition coefficient (Wildman–Crippen LogP) is 5.21. The number of nitrogens with zero attached hydrogens (tertiary/aromatic N) is 1. The van der Waals surface area contributed by atoms with Gasteiger partial charge in [0.15, 0.2) is 0 Å². The molecule has 0 amide bonds. The first-order valence-electron chi connectivity index (χ1n) is 7.03. The maximum absolute atomic E-state index is 9.05. The van der Waals surface area contributed by atoms with Gasteiger partial charge in [0.25, 0.3) is 0 Å². The average Bonchev–Trinajstić information content (AvgIpc) is 2.37. The molecule has 1 unspecified atom stereocenters. The highest BCUT2D eigenvalue weighted by atomic mass is 28.4.